The van der Waals surface area contributed by atoms with Gasteiger partial charge in [-0.2, -0.15) is 0 Å². The molecule has 6 heteroatoms. The van der Waals surface area contributed by atoms with Crippen molar-refractivity contribution in [2.24, 2.45) is 0 Å². The van der Waals surface area contributed by atoms with Crippen LogP contribution in [-0.4, -0.2) is 37.1 Å². The standard InChI is InChI=1S/C12H17N3O3/c1-9-5-3-6-13-10(9)15-12(17)11(16)14-7-4-8-18-2/h3,5-6H,4,7-8H2,1-2H3,(H,14,16)(H,13,15,17). The zero-order chi connectivity index (χ0) is 13.4. The molecule has 18 heavy (non-hydrogen) atoms. The van der Waals surface area contributed by atoms with E-state index in [4.69, 9.17) is 4.74 Å². The van der Waals surface area contributed by atoms with Crippen LogP contribution in [0.2, 0.25) is 0 Å². The maximum Gasteiger partial charge on any atom is 0.314 e. The molecule has 0 bridgehead atoms. The van der Waals surface area contributed by atoms with Crippen molar-refractivity contribution in [3.63, 3.8) is 0 Å². The highest BCUT2D eigenvalue weighted by atomic mass is 16.5. The monoisotopic (exact) mass is 251 g/mol. The smallest absolute Gasteiger partial charge is 0.314 e. The van der Waals surface area contributed by atoms with Gasteiger partial charge in [0.25, 0.3) is 0 Å². The van der Waals surface area contributed by atoms with Crippen LogP contribution in [0.25, 0.3) is 0 Å². The van der Waals surface area contributed by atoms with Gasteiger partial charge in [0.1, 0.15) is 5.82 Å². The van der Waals surface area contributed by atoms with E-state index in [-0.39, 0.29) is 0 Å². The number of aromatic nitrogens is 1. The van der Waals surface area contributed by atoms with E-state index in [1.54, 1.807) is 32.4 Å². The number of hydrogen-bond donors (Lipinski definition) is 2. The number of rotatable bonds is 5. The van der Waals surface area contributed by atoms with Gasteiger partial charge in [-0.3, -0.25) is 9.59 Å². The Morgan fingerprint density at radius 3 is 2.83 bits per heavy atom. The molecule has 2 N–H and O–H groups in total. The number of anilines is 1. The lowest BCUT2D eigenvalue weighted by Crippen LogP contribution is -2.36. The number of ether oxygens (including phenoxy) is 1. The second-order valence-electron chi connectivity index (χ2n) is 3.73. The molecule has 0 aliphatic rings. The third-order valence-electron chi connectivity index (χ3n) is 2.26. The summed E-state index contributed by atoms with van der Waals surface area (Å²) in [7, 11) is 1.58. The normalized spacial score (nSPS) is 9.89. The highest BCUT2D eigenvalue weighted by molar-refractivity contribution is 6.39. The lowest BCUT2D eigenvalue weighted by atomic mass is 10.3. The fourth-order valence-electron chi connectivity index (χ4n) is 1.28. The minimum Gasteiger partial charge on any atom is -0.385 e. The van der Waals surface area contributed by atoms with Gasteiger partial charge in [0.2, 0.25) is 0 Å². The SMILES string of the molecule is COCCCNC(=O)C(=O)Nc1ncccc1C. The number of carbonyl (C=O) groups is 2. The summed E-state index contributed by atoms with van der Waals surface area (Å²) in [6, 6.07) is 3.56. The molecule has 0 aromatic carbocycles. The van der Waals surface area contributed by atoms with Gasteiger partial charge in [0, 0.05) is 26.5 Å². The van der Waals surface area contributed by atoms with Gasteiger partial charge in [0.15, 0.2) is 0 Å². The number of nitrogens with one attached hydrogen (secondary N) is 2. The molecular weight excluding hydrogens is 234 g/mol. The lowest BCUT2D eigenvalue weighted by molar-refractivity contribution is -0.136. The van der Waals surface area contributed by atoms with Crippen LogP contribution >= 0.6 is 0 Å². The van der Waals surface area contributed by atoms with Crippen LogP contribution in [0.3, 0.4) is 0 Å². The molecule has 0 fully saturated rings. The van der Waals surface area contributed by atoms with Crippen molar-refractivity contribution in [1.29, 1.82) is 0 Å². The molecule has 98 valence electrons. The second kappa shape index (κ2) is 7.39. The Bertz CT molecular complexity index is 421. The van der Waals surface area contributed by atoms with E-state index >= 15 is 0 Å². The zero-order valence-corrected chi connectivity index (χ0v) is 10.5. The van der Waals surface area contributed by atoms with Crippen molar-refractivity contribution in [3.8, 4) is 0 Å². The summed E-state index contributed by atoms with van der Waals surface area (Å²) < 4.78 is 4.83. The first kappa shape index (κ1) is 14.1. The molecule has 0 aliphatic heterocycles. The Labute approximate surface area is 106 Å². The fourth-order valence-corrected chi connectivity index (χ4v) is 1.28. The van der Waals surface area contributed by atoms with E-state index in [0.29, 0.717) is 25.4 Å². The van der Waals surface area contributed by atoms with Crippen LogP contribution in [0.1, 0.15) is 12.0 Å². The summed E-state index contributed by atoms with van der Waals surface area (Å²) in [6.07, 6.45) is 2.22. The van der Waals surface area contributed by atoms with Crippen molar-refractivity contribution in [1.82, 2.24) is 10.3 Å². The summed E-state index contributed by atoms with van der Waals surface area (Å²) in [4.78, 5) is 26.9. The minimum absolute atomic E-state index is 0.398. The molecule has 2 amide bonds. The number of pyridine rings is 1. The zero-order valence-electron chi connectivity index (χ0n) is 10.5. The van der Waals surface area contributed by atoms with E-state index < -0.39 is 11.8 Å². The number of carbonyl (C=O) groups excluding carboxylic acids is 2. The number of hydrogen-bond acceptors (Lipinski definition) is 4. The van der Waals surface area contributed by atoms with E-state index in [1.807, 2.05) is 0 Å². The molecule has 0 radical (unpaired) electrons. The average Bonchev–Trinajstić information content (AvgIpc) is 2.37. The first-order valence-corrected chi connectivity index (χ1v) is 5.65. The van der Waals surface area contributed by atoms with E-state index in [2.05, 4.69) is 15.6 Å². The Morgan fingerprint density at radius 1 is 1.39 bits per heavy atom. The summed E-state index contributed by atoms with van der Waals surface area (Å²) in [5, 5.41) is 4.96. The highest BCUT2D eigenvalue weighted by Gasteiger charge is 2.14. The van der Waals surface area contributed by atoms with Crippen LogP contribution in [0.4, 0.5) is 5.82 Å². The predicted octanol–water partition coefficient (Wildman–Crippen LogP) is 0.481. The first-order valence-electron chi connectivity index (χ1n) is 5.65. The maximum absolute atomic E-state index is 11.5. The number of nitrogens with zero attached hydrogens (tertiary/aromatic N) is 1. The molecule has 0 aliphatic carbocycles. The molecular formula is C12H17N3O3. The Kier molecular flexibility index (Phi) is 5.79. The van der Waals surface area contributed by atoms with Crippen LogP contribution in [-0.2, 0) is 14.3 Å². The van der Waals surface area contributed by atoms with Crippen molar-refractivity contribution in [2.75, 3.05) is 25.6 Å². The van der Waals surface area contributed by atoms with Crippen molar-refractivity contribution < 1.29 is 14.3 Å². The first-order chi connectivity index (χ1) is 8.65. The molecule has 6 nitrogen and oxygen atoms in total. The van der Waals surface area contributed by atoms with E-state index in [0.717, 1.165) is 5.56 Å². The molecule has 0 unspecified atom stereocenters. The van der Waals surface area contributed by atoms with Crippen molar-refractivity contribution in [3.05, 3.63) is 23.9 Å². The molecule has 1 heterocycles. The summed E-state index contributed by atoms with van der Waals surface area (Å²) in [5.74, 6) is -0.986. The number of aryl methyl sites for hydroxylation is 1. The molecule has 1 aromatic heterocycles. The minimum atomic E-state index is -0.714. The quantitative estimate of drug-likeness (QED) is 0.589. The van der Waals surface area contributed by atoms with Crippen LogP contribution < -0.4 is 10.6 Å². The predicted molar refractivity (Wildman–Crippen MR) is 67.1 cm³/mol. The second-order valence-corrected chi connectivity index (χ2v) is 3.73. The van der Waals surface area contributed by atoms with Gasteiger partial charge in [-0.1, -0.05) is 6.07 Å². The third-order valence-corrected chi connectivity index (χ3v) is 2.26. The fraction of sp³-hybridized carbons (Fsp3) is 0.417. The summed E-state index contributed by atoms with van der Waals surface area (Å²) >= 11 is 0. The molecule has 0 saturated carbocycles. The summed E-state index contributed by atoms with van der Waals surface area (Å²) in [6.45, 7) is 2.75. The molecule has 0 spiro atoms. The molecule has 1 rings (SSSR count). The largest absolute Gasteiger partial charge is 0.385 e. The molecule has 1 aromatic rings. The van der Waals surface area contributed by atoms with Crippen LogP contribution in [0.15, 0.2) is 18.3 Å². The summed E-state index contributed by atoms with van der Waals surface area (Å²) in [5.41, 5.74) is 0.804. The lowest BCUT2D eigenvalue weighted by Gasteiger charge is -2.07. The van der Waals surface area contributed by atoms with Gasteiger partial charge in [-0.15, -0.1) is 0 Å². The van der Waals surface area contributed by atoms with E-state index in [1.165, 1.54) is 0 Å². The highest BCUT2D eigenvalue weighted by Crippen LogP contribution is 2.08. The maximum atomic E-state index is 11.5. The Balaban J connectivity index is 2.41. The van der Waals surface area contributed by atoms with Gasteiger partial charge in [-0.05, 0) is 25.0 Å². The Morgan fingerprint density at radius 2 is 2.17 bits per heavy atom. The van der Waals surface area contributed by atoms with Crippen LogP contribution in [0.5, 0.6) is 0 Å². The van der Waals surface area contributed by atoms with E-state index in [9.17, 15) is 9.59 Å². The van der Waals surface area contributed by atoms with Crippen LogP contribution in [0, 0.1) is 6.92 Å². The Hall–Kier alpha value is -1.95. The van der Waals surface area contributed by atoms with Crippen molar-refractivity contribution >= 4 is 17.6 Å². The van der Waals surface area contributed by atoms with Crippen molar-refractivity contribution in [2.45, 2.75) is 13.3 Å². The molecule has 0 atom stereocenters. The third kappa shape index (κ3) is 4.50. The van der Waals surface area contributed by atoms with Gasteiger partial charge in [-0.25, -0.2) is 4.98 Å². The van der Waals surface area contributed by atoms with Gasteiger partial charge in [0.05, 0.1) is 0 Å². The van der Waals surface area contributed by atoms with Gasteiger partial charge < -0.3 is 15.4 Å². The molecule has 0 saturated heterocycles. The number of amides is 2. The van der Waals surface area contributed by atoms with Gasteiger partial charge >= 0.3 is 11.8 Å². The number of methoxy groups -OCH3 is 1. The topological polar surface area (TPSA) is 80.3 Å². The average molecular weight is 251 g/mol.